The van der Waals surface area contributed by atoms with Crippen molar-refractivity contribution in [2.24, 2.45) is 0 Å². The van der Waals surface area contributed by atoms with E-state index in [0.29, 0.717) is 10.6 Å². The van der Waals surface area contributed by atoms with Crippen LogP contribution in [0.25, 0.3) is 0 Å². The molecule has 0 aromatic heterocycles. The van der Waals surface area contributed by atoms with Crippen LogP contribution in [-0.2, 0) is 9.59 Å². The number of alkyl halides is 3. The number of piperidine rings is 1. The molecule has 1 heterocycles. The van der Waals surface area contributed by atoms with Gasteiger partial charge >= 0.3 is 18.1 Å². The maximum absolute atomic E-state index is 12.4. The lowest BCUT2D eigenvalue weighted by atomic mass is 9.91. The molecule has 0 atom stereocenters. The average Bonchev–Trinajstić information content (AvgIpc) is 2.47. The molecule has 1 aliphatic rings. The number of rotatable bonds is 3. The summed E-state index contributed by atoms with van der Waals surface area (Å²) in [6, 6.07) is 8.18. The molecule has 120 valence electrons. The SMILES string of the molecule is O=C(N1CCC(Oc2ccccc2)(C(=O)O)CC1)C(F)(F)F. The molecule has 8 heteroatoms. The fraction of sp³-hybridized carbons (Fsp3) is 0.429. The van der Waals surface area contributed by atoms with Gasteiger partial charge in [0.2, 0.25) is 5.60 Å². The van der Waals surface area contributed by atoms with Crippen LogP contribution in [0.2, 0.25) is 0 Å². The molecule has 1 saturated heterocycles. The standard InChI is InChI=1S/C14H14F3NO4/c15-14(16,17)11(19)18-8-6-13(7-9-18,12(20)21)22-10-4-2-1-3-5-10/h1-5H,6-9H2,(H,20,21). The minimum atomic E-state index is -4.95. The van der Waals surface area contributed by atoms with Crippen molar-refractivity contribution in [1.82, 2.24) is 4.90 Å². The molecule has 1 aliphatic heterocycles. The third kappa shape index (κ3) is 3.32. The maximum atomic E-state index is 12.4. The molecular formula is C14H14F3NO4. The number of benzene rings is 1. The Labute approximate surface area is 124 Å². The van der Waals surface area contributed by atoms with Gasteiger partial charge in [0.15, 0.2) is 0 Å². The second kappa shape index (κ2) is 5.86. The van der Waals surface area contributed by atoms with Gasteiger partial charge in [-0.1, -0.05) is 18.2 Å². The second-order valence-corrected chi connectivity index (χ2v) is 5.00. The first-order valence-electron chi connectivity index (χ1n) is 6.58. The van der Waals surface area contributed by atoms with E-state index in [1.54, 1.807) is 30.3 Å². The van der Waals surface area contributed by atoms with Crippen LogP contribution < -0.4 is 4.74 Å². The summed E-state index contributed by atoms with van der Waals surface area (Å²) in [7, 11) is 0. The molecular weight excluding hydrogens is 303 g/mol. The zero-order valence-corrected chi connectivity index (χ0v) is 11.5. The number of hydrogen-bond donors (Lipinski definition) is 1. The van der Waals surface area contributed by atoms with Crippen molar-refractivity contribution in [3.05, 3.63) is 30.3 Å². The first-order chi connectivity index (χ1) is 10.2. The second-order valence-electron chi connectivity index (χ2n) is 5.00. The first kappa shape index (κ1) is 16.1. The lowest BCUT2D eigenvalue weighted by Gasteiger charge is -2.38. The van der Waals surface area contributed by atoms with Crippen LogP contribution in [0.5, 0.6) is 5.75 Å². The van der Waals surface area contributed by atoms with Crippen molar-refractivity contribution in [3.63, 3.8) is 0 Å². The molecule has 1 amide bonds. The highest BCUT2D eigenvalue weighted by molar-refractivity contribution is 5.83. The molecule has 1 fully saturated rings. The predicted molar refractivity (Wildman–Crippen MR) is 69.3 cm³/mol. The summed E-state index contributed by atoms with van der Waals surface area (Å²) < 4.78 is 42.7. The zero-order chi connectivity index (χ0) is 16.4. The van der Waals surface area contributed by atoms with Gasteiger partial charge in [-0.2, -0.15) is 13.2 Å². The number of carboxylic acid groups (broad SMARTS) is 1. The monoisotopic (exact) mass is 317 g/mol. The average molecular weight is 317 g/mol. The lowest BCUT2D eigenvalue weighted by Crippen LogP contribution is -2.56. The quantitative estimate of drug-likeness (QED) is 0.927. The van der Waals surface area contributed by atoms with E-state index in [9.17, 15) is 27.9 Å². The number of aliphatic carboxylic acids is 1. The Balaban J connectivity index is 2.10. The normalized spacial score (nSPS) is 17.9. The number of carbonyl (C=O) groups excluding carboxylic acids is 1. The largest absolute Gasteiger partial charge is 0.478 e. The summed E-state index contributed by atoms with van der Waals surface area (Å²) in [6.07, 6.45) is -5.37. The van der Waals surface area contributed by atoms with Gasteiger partial charge < -0.3 is 14.7 Å². The highest BCUT2D eigenvalue weighted by atomic mass is 19.4. The Morgan fingerprint density at radius 3 is 2.14 bits per heavy atom. The number of hydrogen-bond acceptors (Lipinski definition) is 3. The van der Waals surface area contributed by atoms with Crippen LogP contribution in [0.1, 0.15) is 12.8 Å². The third-order valence-corrected chi connectivity index (χ3v) is 3.55. The van der Waals surface area contributed by atoms with Crippen molar-refractivity contribution in [3.8, 4) is 5.75 Å². The fourth-order valence-corrected chi connectivity index (χ4v) is 2.32. The Kier molecular flexibility index (Phi) is 4.30. The first-order valence-corrected chi connectivity index (χ1v) is 6.58. The zero-order valence-electron chi connectivity index (χ0n) is 11.5. The summed E-state index contributed by atoms with van der Waals surface area (Å²) in [5.41, 5.74) is -1.62. The highest BCUT2D eigenvalue weighted by Gasteiger charge is 2.49. The van der Waals surface area contributed by atoms with Crippen molar-refractivity contribution in [2.45, 2.75) is 24.6 Å². The molecule has 0 unspecified atom stereocenters. The minimum absolute atomic E-state index is 0.209. The lowest BCUT2D eigenvalue weighted by molar-refractivity contribution is -0.189. The molecule has 1 N–H and O–H groups in total. The number of likely N-dealkylation sites (tertiary alicyclic amines) is 1. The fourth-order valence-electron chi connectivity index (χ4n) is 2.32. The molecule has 0 saturated carbocycles. The molecule has 0 radical (unpaired) electrons. The molecule has 0 bridgehead atoms. The molecule has 1 aromatic carbocycles. The van der Waals surface area contributed by atoms with Crippen LogP contribution in [-0.4, -0.2) is 46.7 Å². The van der Waals surface area contributed by atoms with Crippen molar-refractivity contribution in [1.29, 1.82) is 0 Å². The van der Waals surface area contributed by atoms with Gasteiger partial charge in [-0.15, -0.1) is 0 Å². The van der Waals surface area contributed by atoms with Crippen LogP contribution >= 0.6 is 0 Å². The van der Waals surface area contributed by atoms with E-state index < -0.39 is 23.7 Å². The number of halogens is 3. The topological polar surface area (TPSA) is 66.8 Å². The van der Waals surface area contributed by atoms with Crippen LogP contribution in [0.15, 0.2) is 30.3 Å². The van der Waals surface area contributed by atoms with Crippen molar-refractivity contribution in [2.75, 3.05) is 13.1 Å². The number of carbonyl (C=O) groups is 2. The number of carboxylic acids is 1. The van der Waals surface area contributed by atoms with Crippen LogP contribution in [0.4, 0.5) is 13.2 Å². The van der Waals surface area contributed by atoms with Gasteiger partial charge in [0.05, 0.1) is 0 Å². The molecule has 0 spiro atoms. The van der Waals surface area contributed by atoms with Crippen LogP contribution in [0, 0.1) is 0 Å². The van der Waals surface area contributed by atoms with Gasteiger partial charge in [0.1, 0.15) is 5.75 Å². The highest BCUT2D eigenvalue weighted by Crippen LogP contribution is 2.31. The van der Waals surface area contributed by atoms with Gasteiger partial charge in [-0.05, 0) is 12.1 Å². The third-order valence-electron chi connectivity index (χ3n) is 3.55. The van der Waals surface area contributed by atoms with E-state index in [2.05, 4.69) is 0 Å². The number of nitrogens with zero attached hydrogens (tertiary/aromatic N) is 1. The number of amides is 1. The Morgan fingerprint density at radius 2 is 1.68 bits per heavy atom. The van der Waals surface area contributed by atoms with Gasteiger partial charge in [0.25, 0.3) is 0 Å². The van der Waals surface area contributed by atoms with E-state index in [-0.39, 0.29) is 25.9 Å². The molecule has 22 heavy (non-hydrogen) atoms. The summed E-state index contributed by atoms with van der Waals surface area (Å²) in [4.78, 5) is 23.3. The number of para-hydroxylation sites is 1. The van der Waals surface area contributed by atoms with Crippen LogP contribution in [0.3, 0.4) is 0 Å². The Bertz CT molecular complexity index is 551. The van der Waals surface area contributed by atoms with E-state index >= 15 is 0 Å². The van der Waals surface area contributed by atoms with Crippen molar-refractivity contribution >= 4 is 11.9 Å². The molecule has 2 rings (SSSR count). The minimum Gasteiger partial charge on any atom is -0.478 e. The molecule has 1 aromatic rings. The summed E-state index contributed by atoms with van der Waals surface area (Å²) in [6.45, 7) is -0.644. The van der Waals surface area contributed by atoms with Gasteiger partial charge in [-0.25, -0.2) is 4.79 Å². The molecule has 0 aliphatic carbocycles. The van der Waals surface area contributed by atoms with E-state index in [1.807, 2.05) is 0 Å². The van der Waals surface area contributed by atoms with Gasteiger partial charge in [-0.3, -0.25) is 4.79 Å². The van der Waals surface area contributed by atoms with E-state index in [1.165, 1.54) is 0 Å². The predicted octanol–water partition coefficient (Wildman–Crippen LogP) is 2.07. The van der Waals surface area contributed by atoms with Gasteiger partial charge in [0, 0.05) is 25.9 Å². The number of ether oxygens (including phenoxy) is 1. The summed E-state index contributed by atoms with van der Waals surface area (Å²) in [5, 5.41) is 9.38. The Morgan fingerprint density at radius 1 is 1.14 bits per heavy atom. The van der Waals surface area contributed by atoms with E-state index in [0.717, 1.165) is 0 Å². The smallest absolute Gasteiger partial charge is 0.471 e. The Hall–Kier alpha value is -2.25. The maximum Gasteiger partial charge on any atom is 0.471 e. The van der Waals surface area contributed by atoms with Crippen molar-refractivity contribution < 1.29 is 32.6 Å². The summed E-state index contributed by atoms with van der Waals surface area (Å²) >= 11 is 0. The van der Waals surface area contributed by atoms with E-state index in [4.69, 9.17) is 4.74 Å². The molecule has 5 nitrogen and oxygen atoms in total. The summed E-state index contributed by atoms with van der Waals surface area (Å²) in [5.74, 6) is -2.89.